The molecule has 0 aliphatic heterocycles. The summed E-state index contributed by atoms with van der Waals surface area (Å²) in [6.45, 7) is 3.66. The lowest BCUT2D eigenvalue weighted by Crippen LogP contribution is -2.44. The summed E-state index contributed by atoms with van der Waals surface area (Å²) in [4.78, 5) is 14.7. The summed E-state index contributed by atoms with van der Waals surface area (Å²) >= 11 is 0. The number of nitrogens with zero attached hydrogens (tertiary/aromatic N) is 1. The standard InChI is InChI=1S/C20H24FNO3/c1-20(2,16-9-5-6-10-17(16)21)19(24)22(12-13-23)14-15-8-4-7-11-18(15)25-3/h4-11,23H,12-14H2,1-3H3. The van der Waals surface area contributed by atoms with E-state index in [9.17, 15) is 14.3 Å². The number of carbonyl (C=O) groups is 1. The molecule has 0 spiro atoms. The van der Waals surface area contributed by atoms with Crippen molar-refractivity contribution < 1.29 is 19.0 Å². The first-order chi connectivity index (χ1) is 11.9. The molecule has 0 fully saturated rings. The lowest BCUT2D eigenvalue weighted by molar-refractivity contribution is -0.137. The molecule has 0 heterocycles. The van der Waals surface area contributed by atoms with Gasteiger partial charge in [0.25, 0.3) is 0 Å². The Morgan fingerprint density at radius 3 is 2.44 bits per heavy atom. The van der Waals surface area contributed by atoms with Crippen molar-refractivity contribution in [3.05, 3.63) is 65.5 Å². The third-order valence-corrected chi connectivity index (χ3v) is 4.29. The first-order valence-corrected chi connectivity index (χ1v) is 8.19. The maximum absolute atomic E-state index is 14.2. The van der Waals surface area contributed by atoms with Crippen LogP contribution in [0.25, 0.3) is 0 Å². The summed E-state index contributed by atoms with van der Waals surface area (Å²) < 4.78 is 19.5. The zero-order valence-corrected chi connectivity index (χ0v) is 14.8. The largest absolute Gasteiger partial charge is 0.496 e. The Morgan fingerprint density at radius 1 is 1.16 bits per heavy atom. The summed E-state index contributed by atoms with van der Waals surface area (Å²) in [6.07, 6.45) is 0. The quantitative estimate of drug-likeness (QED) is 0.839. The number of hydrogen-bond acceptors (Lipinski definition) is 3. The number of benzene rings is 2. The number of amides is 1. The molecule has 0 unspecified atom stereocenters. The molecule has 0 radical (unpaired) electrons. The highest BCUT2D eigenvalue weighted by atomic mass is 19.1. The van der Waals surface area contributed by atoms with Crippen molar-refractivity contribution in [3.63, 3.8) is 0 Å². The van der Waals surface area contributed by atoms with Gasteiger partial charge in [-0.1, -0.05) is 36.4 Å². The average Bonchev–Trinajstić information content (AvgIpc) is 2.61. The van der Waals surface area contributed by atoms with Gasteiger partial charge in [-0.05, 0) is 26.0 Å². The highest BCUT2D eigenvalue weighted by Gasteiger charge is 2.35. The van der Waals surface area contributed by atoms with Gasteiger partial charge in [0.2, 0.25) is 5.91 Å². The number of methoxy groups -OCH3 is 1. The molecule has 2 rings (SSSR count). The van der Waals surface area contributed by atoms with Crippen molar-refractivity contribution in [1.82, 2.24) is 4.90 Å². The minimum atomic E-state index is -1.05. The Kier molecular flexibility index (Phi) is 6.15. The first kappa shape index (κ1) is 18.9. The van der Waals surface area contributed by atoms with E-state index < -0.39 is 11.2 Å². The van der Waals surface area contributed by atoms with Gasteiger partial charge in [-0.3, -0.25) is 4.79 Å². The zero-order chi connectivity index (χ0) is 18.4. The first-order valence-electron chi connectivity index (χ1n) is 8.19. The topological polar surface area (TPSA) is 49.8 Å². The molecule has 5 heteroatoms. The van der Waals surface area contributed by atoms with E-state index in [0.717, 1.165) is 5.56 Å². The Labute approximate surface area is 147 Å². The molecule has 0 aliphatic rings. The molecule has 0 atom stereocenters. The van der Waals surface area contributed by atoms with Crippen LogP contribution in [-0.4, -0.2) is 36.2 Å². The van der Waals surface area contributed by atoms with Crippen LogP contribution < -0.4 is 4.74 Å². The second-order valence-electron chi connectivity index (χ2n) is 6.37. The molecule has 0 saturated heterocycles. The van der Waals surface area contributed by atoms with Crippen LogP contribution in [0.5, 0.6) is 5.75 Å². The summed E-state index contributed by atoms with van der Waals surface area (Å²) in [5.41, 5.74) is 0.113. The predicted molar refractivity (Wildman–Crippen MR) is 94.9 cm³/mol. The molecule has 4 nitrogen and oxygen atoms in total. The minimum Gasteiger partial charge on any atom is -0.496 e. The maximum Gasteiger partial charge on any atom is 0.233 e. The zero-order valence-electron chi connectivity index (χ0n) is 14.8. The molecular weight excluding hydrogens is 321 g/mol. The number of aliphatic hydroxyl groups is 1. The van der Waals surface area contributed by atoms with Crippen LogP contribution in [0.1, 0.15) is 25.0 Å². The van der Waals surface area contributed by atoms with E-state index in [1.54, 1.807) is 39.2 Å². The van der Waals surface area contributed by atoms with Crippen molar-refractivity contribution >= 4 is 5.91 Å². The average molecular weight is 345 g/mol. The number of carbonyl (C=O) groups excluding carboxylic acids is 1. The SMILES string of the molecule is COc1ccccc1CN(CCO)C(=O)C(C)(C)c1ccccc1F. The van der Waals surface area contributed by atoms with E-state index in [1.165, 1.54) is 11.0 Å². The summed E-state index contributed by atoms with van der Waals surface area (Å²) in [6, 6.07) is 13.7. The smallest absolute Gasteiger partial charge is 0.233 e. The fraction of sp³-hybridized carbons (Fsp3) is 0.350. The monoisotopic (exact) mass is 345 g/mol. The second-order valence-corrected chi connectivity index (χ2v) is 6.37. The van der Waals surface area contributed by atoms with Gasteiger partial charge in [-0.25, -0.2) is 4.39 Å². The molecule has 0 aromatic heterocycles. The Morgan fingerprint density at radius 2 is 1.80 bits per heavy atom. The molecule has 1 amide bonds. The number of aliphatic hydroxyl groups excluding tert-OH is 1. The van der Waals surface area contributed by atoms with Crippen LogP contribution in [-0.2, 0) is 16.8 Å². The van der Waals surface area contributed by atoms with Crippen molar-refractivity contribution in [1.29, 1.82) is 0 Å². The summed E-state index contributed by atoms with van der Waals surface area (Å²) in [7, 11) is 1.57. The Bertz CT molecular complexity index is 730. The summed E-state index contributed by atoms with van der Waals surface area (Å²) in [5.74, 6) is 0.00147. The van der Waals surface area contributed by atoms with E-state index in [-0.39, 0.29) is 25.6 Å². The van der Waals surface area contributed by atoms with Gasteiger partial charge in [-0.2, -0.15) is 0 Å². The van der Waals surface area contributed by atoms with Crippen molar-refractivity contribution in [2.45, 2.75) is 25.8 Å². The predicted octanol–water partition coefficient (Wildman–Crippen LogP) is 3.13. The summed E-state index contributed by atoms with van der Waals surface area (Å²) in [5, 5.41) is 9.38. The van der Waals surface area contributed by atoms with Crippen LogP contribution in [0, 0.1) is 5.82 Å². The number of ether oxygens (including phenoxy) is 1. The molecule has 134 valence electrons. The highest BCUT2D eigenvalue weighted by molar-refractivity contribution is 5.87. The van der Waals surface area contributed by atoms with Gasteiger partial charge in [0.15, 0.2) is 0 Å². The highest BCUT2D eigenvalue weighted by Crippen LogP contribution is 2.29. The van der Waals surface area contributed by atoms with Crippen LogP contribution >= 0.6 is 0 Å². The molecular formula is C20H24FNO3. The maximum atomic E-state index is 14.2. The molecule has 0 saturated carbocycles. The second kappa shape index (κ2) is 8.12. The lowest BCUT2D eigenvalue weighted by Gasteiger charge is -2.32. The van der Waals surface area contributed by atoms with Gasteiger partial charge >= 0.3 is 0 Å². The Hall–Kier alpha value is -2.40. The number of para-hydroxylation sites is 1. The lowest BCUT2D eigenvalue weighted by atomic mass is 9.82. The normalized spacial score (nSPS) is 11.2. The van der Waals surface area contributed by atoms with Crippen molar-refractivity contribution in [3.8, 4) is 5.75 Å². The van der Waals surface area contributed by atoms with E-state index >= 15 is 0 Å². The molecule has 0 bridgehead atoms. The molecule has 1 N–H and O–H groups in total. The van der Waals surface area contributed by atoms with E-state index in [0.29, 0.717) is 11.3 Å². The number of halogens is 1. The minimum absolute atomic E-state index is 0.161. The van der Waals surface area contributed by atoms with Crippen LogP contribution in [0.4, 0.5) is 4.39 Å². The van der Waals surface area contributed by atoms with E-state index in [1.807, 2.05) is 24.3 Å². The molecule has 0 aliphatic carbocycles. The fourth-order valence-electron chi connectivity index (χ4n) is 2.89. The van der Waals surface area contributed by atoms with Crippen LogP contribution in [0.3, 0.4) is 0 Å². The van der Waals surface area contributed by atoms with E-state index in [2.05, 4.69) is 0 Å². The molecule has 2 aromatic carbocycles. The van der Waals surface area contributed by atoms with Gasteiger partial charge in [0.05, 0.1) is 19.1 Å². The van der Waals surface area contributed by atoms with Gasteiger partial charge in [0, 0.05) is 24.2 Å². The number of hydrogen-bond donors (Lipinski definition) is 1. The van der Waals surface area contributed by atoms with Crippen LogP contribution in [0.2, 0.25) is 0 Å². The third kappa shape index (κ3) is 4.17. The Balaban J connectivity index is 2.33. The van der Waals surface area contributed by atoms with E-state index in [4.69, 9.17) is 4.74 Å². The third-order valence-electron chi connectivity index (χ3n) is 4.29. The van der Waals surface area contributed by atoms with Crippen LogP contribution in [0.15, 0.2) is 48.5 Å². The number of rotatable bonds is 7. The van der Waals surface area contributed by atoms with Crippen molar-refractivity contribution in [2.75, 3.05) is 20.3 Å². The molecule has 2 aromatic rings. The molecule has 25 heavy (non-hydrogen) atoms. The fourth-order valence-corrected chi connectivity index (χ4v) is 2.89. The van der Waals surface area contributed by atoms with Gasteiger partial charge in [-0.15, -0.1) is 0 Å². The van der Waals surface area contributed by atoms with Gasteiger partial charge < -0.3 is 14.7 Å². The van der Waals surface area contributed by atoms with Gasteiger partial charge in [0.1, 0.15) is 11.6 Å². The van der Waals surface area contributed by atoms with Crippen molar-refractivity contribution in [2.24, 2.45) is 0 Å².